The Bertz CT molecular complexity index is 329. The Morgan fingerprint density at radius 1 is 1.27 bits per heavy atom. The highest BCUT2D eigenvalue weighted by Gasteiger charge is 2.19. The molecule has 0 amide bonds. The van der Waals surface area contributed by atoms with Crippen LogP contribution in [0, 0.1) is 5.92 Å². The molecule has 3 nitrogen and oxygen atoms in total. The van der Waals surface area contributed by atoms with Gasteiger partial charge in [0.15, 0.2) is 5.75 Å². The van der Waals surface area contributed by atoms with E-state index in [1.807, 2.05) is 13.8 Å². The minimum Gasteiger partial charge on any atom is -0.504 e. The van der Waals surface area contributed by atoms with Gasteiger partial charge in [-0.1, -0.05) is 13.8 Å². The van der Waals surface area contributed by atoms with Gasteiger partial charge >= 0.3 is 0 Å². The number of rotatable bonds is 2. The summed E-state index contributed by atoms with van der Waals surface area (Å²) in [5.41, 5.74) is -0.957. The van der Waals surface area contributed by atoms with Crippen molar-refractivity contribution in [3.63, 3.8) is 0 Å². The van der Waals surface area contributed by atoms with Gasteiger partial charge in [0.05, 0.1) is 5.56 Å². The molecule has 1 rings (SSSR count). The van der Waals surface area contributed by atoms with Crippen molar-refractivity contribution in [2.45, 2.75) is 20.3 Å². The van der Waals surface area contributed by atoms with Gasteiger partial charge in [-0.15, -0.1) is 0 Å². The van der Waals surface area contributed by atoms with E-state index in [0.717, 1.165) is 0 Å². The molecule has 0 unspecified atom stereocenters. The van der Waals surface area contributed by atoms with Gasteiger partial charge in [-0.2, -0.15) is 0 Å². The van der Waals surface area contributed by atoms with E-state index in [4.69, 9.17) is 5.11 Å². The predicted octanol–water partition coefficient (Wildman–Crippen LogP) is 0.187. The molecule has 0 saturated carbocycles. The highest BCUT2D eigenvalue weighted by atomic mass is 16.3. The first-order valence-electron chi connectivity index (χ1n) is 3.55. The lowest BCUT2D eigenvalue weighted by Crippen LogP contribution is -2.35. The molecule has 1 N–H and O–H groups in total. The first-order chi connectivity index (χ1) is 5.04. The minimum absolute atomic E-state index is 0.296. The van der Waals surface area contributed by atoms with Crippen LogP contribution in [-0.2, 0) is 6.42 Å². The lowest BCUT2D eigenvalue weighted by Gasteiger charge is -2.06. The minimum atomic E-state index is -0.736. The zero-order valence-corrected chi connectivity index (χ0v) is 6.55. The van der Waals surface area contributed by atoms with Gasteiger partial charge in [-0.05, 0) is 12.3 Å². The number of hydrogen-bond donors (Lipinski definition) is 1. The van der Waals surface area contributed by atoms with Gasteiger partial charge in [0.1, 0.15) is 0 Å². The molecular formula is C8H10O3. The van der Waals surface area contributed by atoms with E-state index in [-0.39, 0.29) is 5.75 Å². The molecule has 1 aromatic rings. The van der Waals surface area contributed by atoms with Gasteiger partial charge in [0.25, 0.3) is 5.43 Å². The van der Waals surface area contributed by atoms with Crippen molar-refractivity contribution in [1.82, 2.24) is 0 Å². The topological polar surface area (TPSA) is 54.4 Å². The molecule has 0 radical (unpaired) electrons. The SMILES string of the molecule is CC(C)Cc1c(O)c(=O)c1=O. The normalized spacial score (nSPS) is 11.2. The zero-order valence-electron chi connectivity index (χ0n) is 6.55. The van der Waals surface area contributed by atoms with Crippen molar-refractivity contribution in [2.75, 3.05) is 0 Å². The van der Waals surface area contributed by atoms with Crippen LogP contribution in [0.4, 0.5) is 0 Å². The van der Waals surface area contributed by atoms with Crippen LogP contribution < -0.4 is 10.9 Å². The standard InChI is InChI=1S/C8H10O3/c1-4(2)3-5-6(9)8(11)7(5)10/h4,9H,3H2,1-2H3. The molecule has 0 bridgehead atoms. The van der Waals surface area contributed by atoms with Crippen LogP contribution in [-0.4, -0.2) is 5.11 Å². The summed E-state index contributed by atoms with van der Waals surface area (Å²) in [6, 6.07) is 0. The van der Waals surface area contributed by atoms with Gasteiger partial charge in [0, 0.05) is 0 Å². The van der Waals surface area contributed by atoms with Crippen LogP contribution in [0.15, 0.2) is 9.59 Å². The fraction of sp³-hybridized carbons (Fsp3) is 0.500. The lowest BCUT2D eigenvalue weighted by atomic mass is 9.98. The molecule has 3 heteroatoms. The van der Waals surface area contributed by atoms with Crippen LogP contribution in [0.3, 0.4) is 0 Å². The average molecular weight is 154 g/mol. The molecule has 0 heterocycles. The van der Waals surface area contributed by atoms with E-state index < -0.39 is 10.9 Å². The summed E-state index contributed by atoms with van der Waals surface area (Å²) in [5.74, 6) is -0.0344. The summed E-state index contributed by atoms with van der Waals surface area (Å²) < 4.78 is 0. The maximum atomic E-state index is 10.7. The summed E-state index contributed by atoms with van der Waals surface area (Å²) in [6.45, 7) is 3.85. The van der Waals surface area contributed by atoms with Gasteiger partial charge < -0.3 is 5.11 Å². The number of hydrogen-bond acceptors (Lipinski definition) is 3. The summed E-state index contributed by atoms with van der Waals surface area (Å²) in [5, 5.41) is 8.90. The molecule has 0 spiro atoms. The Labute approximate surface area is 64.0 Å². The summed E-state index contributed by atoms with van der Waals surface area (Å²) in [4.78, 5) is 21.2. The first-order valence-corrected chi connectivity index (χ1v) is 3.55. The monoisotopic (exact) mass is 154 g/mol. The van der Waals surface area contributed by atoms with E-state index in [0.29, 0.717) is 17.9 Å². The van der Waals surface area contributed by atoms with E-state index >= 15 is 0 Å². The highest BCUT2D eigenvalue weighted by molar-refractivity contribution is 5.38. The Balaban J connectivity index is 2.91. The summed E-state index contributed by atoms with van der Waals surface area (Å²) in [7, 11) is 0. The molecule has 60 valence electrons. The van der Waals surface area contributed by atoms with Crippen LogP contribution in [0.25, 0.3) is 0 Å². The molecule has 11 heavy (non-hydrogen) atoms. The van der Waals surface area contributed by atoms with Crippen molar-refractivity contribution in [2.24, 2.45) is 5.92 Å². The van der Waals surface area contributed by atoms with E-state index in [9.17, 15) is 9.59 Å². The molecule has 0 fully saturated rings. The largest absolute Gasteiger partial charge is 0.504 e. The third-order valence-electron chi connectivity index (χ3n) is 1.59. The molecular weight excluding hydrogens is 144 g/mol. The predicted molar refractivity (Wildman–Crippen MR) is 41.6 cm³/mol. The lowest BCUT2D eigenvalue weighted by molar-refractivity contribution is 0.447. The van der Waals surface area contributed by atoms with Crippen LogP contribution in [0.5, 0.6) is 5.75 Å². The Kier molecular flexibility index (Phi) is 1.81. The highest BCUT2D eigenvalue weighted by Crippen LogP contribution is 2.12. The van der Waals surface area contributed by atoms with Crippen molar-refractivity contribution in [3.05, 3.63) is 26.0 Å². The second kappa shape index (κ2) is 2.49. The maximum absolute atomic E-state index is 10.7. The molecule has 0 aromatic heterocycles. The third kappa shape index (κ3) is 1.18. The van der Waals surface area contributed by atoms with E-state index in [1.165, 1.54) is 0 Å². The fourth-order valence-electron chi connectivity index (χ4n) is 1.02. The summed E-state index contributed by atoms with van der Waals surface area (Å²) >= 11 is 0. The Morgan fingerprint density at radius 2 is 1.82 bits per heavy atom. The number of aromatic hydroxyl groups is 1. The molecule has 1 aromatic carbocycles. The van der Waals surface area contributed by atoms with Crippen molar-refractivity contribution in [3.8, 4) is 5.75 Å². The third-order valence-corrected chi connectivity index (χ3v) is 1.59. The van der Waals surface area contributed by atoms with Gasteiger partial charge in [-0.25, -0.2) is 0 Å². The van der Waals surface area contributed by atoms with Crippen LogP contribution in [0.1, 0.15) is 19.4 Å². The van der Waals surface area contributed by atoms with E-state index in [2.05, 4.69) is 0 Å². The quantitative estimate of drug-likeness (QED) is 0.618. The van der Waals surface area contributed by atoms with Gasteiger partial charge in [0.2, 0.25) is 5.43 Å². The van der Waals surface area contributed by atoms with Crippen molar-refractivity contribution in [1.29, 1.82) is 0 Å². The van der Waals surface area contributed by atoms with Crippen molar-refractivity contribution < 1.29 is 5.11 Å². The molecule has 0 aliphatic rings. The van der Waals surface area contributed by atoms with E-state index in [1.54, 1.807) is 0 Å². The Morgan fingerprint density at radius 3 is 2.18 bits per heavy atom. The average Bonchev–Trinajstić information content (AvgIpc) is 1.98. The molecule has 0 aliphatic heterocycles. The van der Waals surface area contributed by atoms with Crippen LogP contribution >= 0.6 is 0 Å². The molecule has 0 saturated heterocycles. The second-order valence-corrected chi connectivity index (χ2v) is 3.08. The van der Waals surface area contributed by atoms with Crippen molar-refractivity contribution >= 4 is 0 Å². The first kappa shape index (κ1) is 7.98. The van der Waals surface area contributed by atoms with Gasteiger partial charge in [-0.3, -0.25) is 9.59 Å². The molecule has 0 atom stereocenters. The fourth-order valence-corrected chi connectivity index (χ4v) is 1.02. The smallest absolute Gasteiger partial charge is 0.267 e. The van der Waals surface area contributed by atoms with Crippen LogP contribution in [0.2, 0.25) is 0 Å². The summed E-state index contributed by atoms with van der Waals surface area (Å²) in [6.07, 6.45) is 0.496. The zero-order chi connectivity index (χ0) is 8.59. The maximum Gasteiger partial charge on any atom is 0.267 e. The Hall–Kier alpha value is -1.12. The second-order valence-electron chi connectivity index (χ2n) is 3.08. The molecule has 0 aliphatic carbocycles.